The summed E-state index contributed by atoms with van der Waals surface area (Å²) in [4.78, 5) is 3.31. The molecule has 0 N–H and O–H groups in total. The first kappa shape index (κ1) is 9.44. The average Bonchev–Trinajstić information content (AvgIpc) is 2.32. The molecule has 0 saturated heterocycles. The first-order valence-corrected chi connectivity index (χ1v) is 2.94. The fourth-order valence-electron chi connectivity index (χ4n) is 0.854. The van der Waals surface area contributed by atoms with E-state index in [1.54, 1.807) is 0 Å². The van der Waals surface area contributed by atoms with Crippen LogP contribution in [-0.4, -0.2) is 14.6 Å². The molecule has 2 heterocycles. The van der Waals surface area contributed by atoms with Crippen LogP contribution < -0.4 is 34.7 Å². The first-order valence-electron chi connectivity index (χ1n) is 2.94. The van der Waals surface area contributed by atoms with Crippen molar-refractivity contribution in [3.63, 3.8) is 0 Å². The van der Waals surface area contributed by atoms with Crippen molar-refractivity contribution >= 4 is 5.52 Å². The van der Waals surface area contributed by atoms with Crippen LogP contribution >= 0.6 is 0 Å². The van der Waals surface area contributed by atoms with Crippen LogP contribution in [0.1, 0.15) is 0 Å². The average molecular weight is 175 g/mol. The second-order valence-corrected chi connectivity index (χ2v) is 2.03. The molecule has 0 fully saturated rings. The summed E-state index contributed by atoms with van der Waals surface area (Å²) in [6, 6.07) is 0.608. The van der Waals surface area contributed by atoms with E-state index in [1.807, 2.05) is 0 Å². The Bertz CT molecular complexity index is 403. The van der Waals surface area contributed by atoms with Crippen molar-refractivity contribution in [2.45, 2.75) is 0 Å². The van der Waals surface area contributed by atoms with Gasteiger partial charge in [0.1, 0.15) is 11.5 Å². The van der Waals surface area contributed by atoms with E-state index in [1.165, 1.54) is 12.3 Å². The van der Waals surface area contributed by atoms with Gasteiger partial charge in [0, 0.05) is 6.20 Å². The van der Waals surface area contributed by atoms with Gasteiger partial charge >= 0.3 is 29.6 Å². The molecule has 0 unspecified atom stereocenters. The van der Waals surface area contributed by atoms with Crippen molar-refractivity contribution < 1.29 is 39.1 Å². The molecule has 2 aromatic rings. The van der Waals surface area contributed by atoms with Gasteiger partial charge in [-0.2, -0.15) is 5.10 Å². The Kier molecular flexibility index (Phi) is 2.66. The van der Waals surface area contributed by atoms with Crippen LogP contribution in [0.5, 0.6) is 6.01 Å². The first-order chi connectivity index (χ1) is 5.27. The van der Waals surface area contributed by atoms with Gasteiger partial charge in [-0.3, -0.25) is 0 Å². The largest absolute Gasteiger partial charge is 1.00 e. The quantitative estimate of drug-likeness (QED) is 0.400. The summed E-state index contributed by atoms with van der Waals surface area (Å²) in [5, 5.41) is 13.9. The standard InChI is InChI=1S/C6H4FN3O.Na/c7-4-1-2-10-5(4)3-8-6(11)9-10;/h1-3H,(H,9,11);/q;+1/p-1. The molecule has 0 radical (unpaired) electrons. The molecule has 56 valence electrons. The molecule has 0 atom stereocenters. The molecule has 0 spiro atoms. The van der Waals surface area contributed by atoms with Crippen LogP contribution in [0.15, 0.2) is 18.5 Å². The van der Waals surface area contributed by atoms with E-state index < -0.39 is 11.8 Å². The van der Waals surface area contributed by atoms with E-state index in [2.05, 4.69) is 10.1 Å². The molecule has 0 amide bonds. The molecule has 2 aromatic heterocycles. The van der Waals surface area contributed by atoms with Crippen LogP contribution in [0.4, 0.5) is 4.39 Å². The van der Waals surface area contributed by atoms with Crippen molar-refractivity contribution in [1.82, 2.24) is 14.6 Å². The maximum absolute atomic E-state index is 12.7. The molecular weight excluding hydrogens is 172 g/mol. The molecule has 12 heavy (non-hydrogen) atoms. The third-order valence-corrected chi connectivity index (χ3v) is 1.34. The number of halogens is 1. The third-order valence-electron chi connectivity index (χ3n) is 1.34. The number of rotatable bonds is 0. The minimum absolute atomic E-state index is 0. The van der Waals surface area contributed by atoms with Crippen molar-refractivity contribution in [1.29, 1.82) is 0 Å². The van der Waals surface area contributed by atoms with Gasteiger partial charge in [0.2, 0.25) is 0 Å². The molecule has 0 aromatic carbocycles. The Hall–Kier alpha value is -0.650. The summed E-state index contributed by atoms with van der Waals surface area (Å²) in [6.45, 7) is 0. The van der Waals surface area contributed by atoms with Crippen LogP contribution in [0.3, 0.4) is 0 Å². The smallest absolute Gasteiger partial charge is 0.843 e. The topological polar surface area (TPSA) is 53.2 Å². The van der Waals surface area contributed by atoms with Gasteiger partial charge in [-0.05, 0) is 6.07 Å². The zero-order valence-corrected chi connectivity index (χ0v) is 8.36. The molecule has 2 rings (SSSR count). The van der Waals surface area contributed by atoms with Crippen LogP contribution in [-0.2, 0) is 0 Å². The minimum Gasteiger partial charge on any atom is -0.843 e. The normalized spacial score (nSPS) is 9.75. The van der Waals surface area contributed by atoms with E-state index in [0.717, 1.165) is 10.7 Å². The van der Waals surface area contributed by atoms with Crippen molar-refractivity contribution in [3.05, 3.63) is 24.3 Å². The maximum atomic E-state index is 12.7. The van der Waals surface area contributed by atoms with E-state index in [0.29, 0.717) is 0 Å². The van der Waals surface area contributed by atoms with Gasteiger partial charge in [-0.1, -0.05) is 0 Å². The number of nitrogens with zero attached hydrogens (tertiary/aromatic N) is 3. The summed E-state index contributed by atoms with van der Waals surface area (Å²) in [5.74, 6) is -0.426. The monoisotopic (exact) mass is 175 g/mol. The van der Waals surface area contributed by atoms with Crippen LogP contribution in [0.25, 0.3) is 5.52 Å². The summed E-state index contributed by atoms with van der Waals surface area (Å²) in [6.07, 6.45) is 2.53. The van der Waals surface area contributed by atoms with E-state index in [4.69, 9.17) is 0 Å². The molecular formula is C6H3FN3NaO. The molecule has 0 saturated carbocycles. The van der Waals surface area contributed by atoms with Gasteiger partial charge in [-0.25, -0.2) is 13.9 Å². The van der Waals surface area contributed by atoms with Crippen LogP contribution in [0.2, 0.25) is 0 Å². The Morgan fingerprint density at radius 2 is 2.25 bits per heavy atom. The fourth-order valence-corrected chi connectivity index (χ4v) is 0.854. The SMILES string of the molecule is [Na+].[O-]c1ncc2c(F)ccn2n1. The Labute approximate surface area is 89.3 Å². The van der Waals surface area contributed by atoms with Gasteiger partial charge in [0.15, 0.2) is 5.82 Å². The number of aromatic nitrogens is 3. The van der Waals surface area contributed by atoms with Gasteiger partial charge < -0.3 is 5.11 Å². The molecule has 0 bridgehead atoms. The minimum atomic E-state index is -0.617. The number of fused-ring (bicyclic) bond motifs is 1. The fraction of sp³-hybridized carbons (Fsp3) is 0. The van der Waals surface area contributed by atoms with E-state index in [-0.39, 0.29) is 35.1 Å². The van der Waals surface area contributed by atoms with E-state index >= 15 is 0 Å². The van der Waals surface area contributed by atoms with Gasteiger partial charge in [0.25, 0.3) is 0 Å². The molecule has 0 aliphatic heterocycles. The van der Waals surface area contributed by atoms with E-state index in [9.17, 15) is 9.50 Å². The Morgan fingerprint density at radius 1 is 1.50 bits per heavy atom. The number of hydrogen-bond acceptors (Lipinski definition) is 3. The molecule has 4 nitrogen and oxygen atoms in total. The Balaban J connectivity index is 0.000000720. The predicted molar refractivity (Wildman–Crippen MR) is 32.4 cm³/mol. The van der Waals surface area contributed by atoms with Crippen molar-refractivity contribution in [2.24, 2.45) is 0 Å². The van der Waals surface area contributed by atoms with Gasteiger partial charge in [0.05, 0.1) is 6.20 Å². The maximum Gasteiger partial charge on any atom is 1.00 e. The molecule has 0 aliphatic rings. The summed E-state index contributed by atoms with van der Waals surface area (Å²) in [5.41, 5.74) is 0.213. The Morgan fingerprint density at radius 3 is 3.00 bits per heavy atom. The zero-order valence-electron chi connectivity index (χ0n) is 6.36. The van der Waals surface area contributed by atoms with Crippen molar-refractivity contribution in [2.75, 3.05) is 0 Å². The van der Waals surface area contributed by atoms with Gasteiger partial charge in [-0.15, -0.1) is 0 Å². The second kappa shape index (κ2) is 3.38. The number of hydrogen-bond donors (Lipinski definition) is 0. The predicted octanol–water partition coefficient (Wildman–Crippen LogP) is -3.05. The summed E-state index contributed by atoms with van der Waals surface area (Å²) >= 11 is 0. The second-order valence-electron chi connectivity index (χ2n) is 2.03. The molecule has 0 aliphatic carbocycles. The third kappa shape index (κ3) is 1.43. The summed E-state index contributed by atoms with van der Waals surface area (Å²) in [7, 11) is 0. The van der Waals surface area contributed by atoms with Crippen molar-refractivity contribution in [3.8, 4) is 6.01 Å². The zero-order chi connectivity index (χ0) is 7.84. The molecule has 6 heteroatoms. The summed E-state index contributed by atoms with van der Waals surface area (Å²) < 4.78 is 13.8. The van der Waals surface area contributed by atoms with Crippen LogP contribution in [0, 0.1) is 5.82 Å².